The first-order chi connectivity index (χ1) is 21.5. The summed E-state index contributed by atoms with van der Waals surface area (Å²) in [6.45, 7) is 3.13. The monoisotopic (exact) mass is 729 g/mol. The third kappa shape index (κ3) is 8.88. The number of rotatable bonds is 13. The van der Waals surface area contributed by atoms with Crippen molar-refractivity contribution in [3.8, 4) is 0 Å². The van der Waals surface area contributed by atoms with Crippen LogP contribution in [0.25, 0.3) is 0 Å². The summed E-state index contributed by atoms with van der Waals surface area (Å²) < 4.78 is 29.8. The Morgan fingerprint density at radius 3 is 2.07 bits per heavy atom. The highest BCUT2D eigenvalue weighted by molar-refractivity contribution is 9.10. The molecule has 7 nitrogen and oxygen atoms in total. The van der Waals surface area contributed by atoms with Crippen LogP contribution >= 0.6 is 39.1 Å². The van der Waals surface area contributed by atoms with E-state index >= 15 is 0 Å². The Hall–Kier alpha value is -3.37. The van der Waals surface area contributed by atoms with Gasteiger partial charge in [-0.25, -0.2) is 8.42 Å². The summed E-state index contributed by atoms with van der Waals surface area (Å²) in [6, 6.07) is 27.8. The van der Waals surface area contributed by atoms with Gasteiger partial charge in [0.2, 0.25) is 11.8 Å². The van der Waals surface area contributed by atoms with Gasteiger partial charge in [0.05, 0.1) is 10.6 Å². The lowest BCUT2D eigenvalue weighted by molar-refractivity contribution is -0.140. The average molecular weight is 732 g/mol. The second kappa shape index (κ2) is 15.8. The van der Waals surface area contributed by atoms with Gasteiger partial charge in [-0.05, 0) is 61.4 Å². The molecule has 1 N–H and O–H groups in total. The lowest BCUT2D eigenvalue weighted by Gasteiger charge is -2.34. The topological polar surface area (TPSA) is 86.8 Å². The number of carbonyl (C=O) groups is 2. The third-order valence-electron chi connectivity index (χ3n) is 7.37. The summed E-state index contributed by atoms with van der Waals surface area (Å²) in [6.07, 6.45) is 0.860. The first-order valence-electron chi connectivity index (χ1n) is 14.4. The molecule has 0 aliphatic rings. The van der Waals surface area contributed by atoms with Gasteiger partial charge in [-0.1, -0.05) is 107 Å². The van der Waals surface area contributed by atoms with Crippen LogP contribution in [0.3, 0.4) is 0 Å². The van der Waals surface area contributed by atoms with E-state index in [2.05, 4.69) is 21.2 Å². The van der Waals surface area contributed by atoms with E-state index in [9.17, 15) is 18.0 Å². The molecule has 0 aliphatic carbocycles. The van der Waals surface area contributed by atoms with E-state index in [1.165, 1.54) is 17.0 Å². The summed E-state index contributed by atoms with van der Waals surface area (Å²) >= 11 is 16.6. The fourth-order valence-corrected chi connectivity index (χ4v) is 7.06. The molecule has 4 aromatic rings. The quantitative estimate of drug-likeness (QED) is 0.154. The minimum atomic E-state index is -4.20. The zero-order valence-corrected chi connectivity index (χ0v) is 28.8. The van der Waals surface area contributed by atoms with Crippen molar-refractivity contribution in [1.82, 2.24) is 10.2 Å². The molecule has 0 saturated carbocycles. The summed E-state index contributed by atoms with van der Waals surface area (Å²) in [5.41, 5.74) is 1.55. The molecule has 0 spiro atoms. The molecular weight excluding hydrogens is 697 g/mol. The number of carbonyl (C=O) groups excluding carboxylic acids is 2. The van der Waals surface area contributed by atoms with E-state index in [-0.39, 0.29) is 35.5 Å². The fourth-order valence-electron chi connectivity index (χ4n) is 4.73. The van der Waals surface area contributed by atoms with Gasteiger partial charge in [0.1, 0.15) is 12.6 Å². The third-order valence-corrected chi connectivity index (χ3v) is 10.4. The molecule has 4 aromatic carbocycles. The largest absolute Gasteiger partial charge is 0.352 e. The van der Waals surface area contributed by atoms with E-state index in [0.29, 0.717) is 26.5 Å². The van der Waals surface area contributed by atoms with Crippen molar-refractivity contribution < 1.29 is 18.0 Å². The number of benzene rings is 4. The molecule has 2 unspecified atom stereocenters. The summed E-state index contributed by atoms with van der Waals surface area (Å²) in [7, 11) is -4.20. The molecule has 45 heavy (non-hydrogen) atoms. The van der Waals surface area contributed by atoms with Gasteiger partial charge in [0, 0.05) is 39.1 Å². The van der Waals surface area contributed by atoms with Gasteiger partial charge in [-0.15, -0.1) is 0 Å². The van der Waals surface area contributed by atoms with E-state index in [0.717, 1.165) is 9.87 Å². The van der Waals surface area contributed by atoms with Crippen LogP contribution in [0, 0.1) is 0 Å². The highest BCUT2D eigenvalue weighted by Gasteiger charge is 2.35. The Kier molecular flexibility index (Phi) is 12.1. The second-order valence-corrected chi connectivity index (χ2v) is 14.1. The van der Waals surface area contributed by atoms with Gasteiger partial charge >= 0.3 is 0 Å². The Bertz CT molecular complexity index is 1710. The van der Waals surface area contributed by atoms with Crippen molar-refractivity contribution in [1.29, 1.82) is 0 Å². The van der Waals surface area contributed by atoms with E-state index in [4.69, 9.17) is 23.2 Å². The van der Waals surface area contributed by atoms with E-state index in [1.54, 1.807) is 60.7 Å². The molecule has 2 atom stereocenters. The van der Waals surface area contributed by atoms with Crippen LogP contribution in [0.5, 0.6) is 0 Å². The van der Waals surface area contributed by atoms with Crippen molar-refractivity contribution in [2.75, 3.05) is 10.8 Å². The van der Waals surface area contributed by atoms with Gasteiger partial charge in [-0.3, -0.25) is 13.9 Å². The van der Waals surface area contributed by atoms with Crippen molar-refractivity contribution in [3.63, 3.8) is 0 Å². The highest BCUT2D eigenvalue weighted by Crippen LogP contribution is 2.30. The van der Waals surface area contributed by atoms with Crippen LogP contribution < -0.4 is 9.62 Å². The molecule has 0 aliphatic heterocycles. The van der Waals surface area contributed by atoms with Gasteiger partial charge in [0.25, 0.3) is 10.0 Å². The number of anilines is 1. The van der Waals surface area contributed by atoms with E-state index in [1.807, 2.05) is 44.2 Å². The average Bonchev–Trinajstić information content (AvgIpc) is 3.03. The number of hydrogen-bond acceptors (Lipinski definition) is 4. The van der Waals surface area contributed by atoms with Crippen LogP contribution in [-0.4, -0.2) is 43.8 Å². The molecule has 0 radical (unpaired) electrons. The minimum Gasteiger partial charge on any atom is -0.352 e. The maximum absolute atomic E-state index is 14.6. The molecule has 4 rings (SSSR count). The van der Waals surface area contributed by atoms with Crippen molar-refractivity contribution in [2.45, 2.75) is 50.2 Å². The standard InChI is InChI=1S/C34H34BrCl2N3O4S/c1-3-24(2)38-34(42)32(20-25-12-6-4-7-13-25)39(22-29-30(36)18-11-19-31(29)37)33(41)23-40(27-15-10-14-26(35)21-27)45(43,44)28-16-8-5-9-17-28/h4-19,21,24,32H,3,20,22-23H2,1-2H3,(H,38,42). The summed E-state index contributed by atoms with van der Waals surface area (Å²) in [5.74, 6) is -0.977. The highest BCUT2D eigenvalue weighted by atomic mass is 79.9. The molecular formula is C34H34BrCl2N3O4S. The zero-order chi connectivity index (χ0) is 32.6. The molecule has 11 heteroatoms. The molecule has 2 amide bonds. The van der Waals surface area contributed by atoms with Crippen LogP contribution in [0.4, 0.5) is 5.69 Å². The number of sulfonamides is 1. The number of nitrogens with one attached hydrogen (secondary N) is 1. The Morgan fingerprint density at radius 2 is 1.47 bits per heavy atom. The van der Waals surface area contributed by atoms with Crippen molar-refractivity contribution in [3.05, 3.63) is 129 Å². The summed E-state index contributed by atoms with van der Waals surface area (Å²) in [4.78, 5) is 29.9. The van der Waals surface area contributed by atoms with E-state index < -0.39 is 28.5 Å². The maximum atomic E-state index is 14.6. The van der Waals surface area contributed by atoms with Crippen molar-refractivity contribution in [2.24, 2.45) is 0 Å². The molecule has 0 aromatic heterocycles. The Morgan fingerprint density at radius 1 is 0.867 bits per heavy atom. The number of halogens is 3. The SMILES string of the molecule is CCC(C)NC(=O)C(Cc1ccccc1)N(Cc1c(Cl)cccc1Cl)C(=O)CN(c1cccc(Br)c1)S(=O)(=O)c1ccccc1. The van der Waals surface area contributed by atoms with Crippen LogP contribution in [0.2, 0.25) is 10.0 Å². The predicted octanol–water partition coefficient (Wildman–Crippen LogP) is 7.51. The molecule has 0 fully saturated rings. The fraction of sp³-hybridized carbons (Fsp3) is 0.235. The molecule has 236 valence electrons. The zero-order valence-electron chi connectivity index (χ0n) is 24.9. The lowest BCUT2D eigenvalue weighted by Crippen LogP contribution is -2.54. The Labute approximate surface area is 283 Å². The predicted molar refractivity (Wildman–Crippen MR) is 184 cm³/mol. The number of hydrogen-bond donors (Lipinski definition) is 1. The molecule has 0 saturated heterocycles. The van der Waals surface area contributed by atoms with Crippen LogP contribution in [0.15, 0.2) is 112 Å². The smallest absolute Gasteiger partial charge is 0.264 e. The number of amides is 2. The Balaban J connectivity index is 1.84. The number of nitrogens with zero attached hydrogens (tertiary/aromatic N) is 2. The normalized spacial score (nSPS) is 12.6. The van der Waals surface area contributed by atoms with Crippen LogP contribution in [-0.2, 0) is 32.6 Å². The molecule has 0 heterocycles. The van der Waals surface area contributed by atoms with Gasteiger partial charge < -0.3 is 10.2 Å². The second-order valence-electron chi connectivity index (χ2n) is 10.5. The first-order valence-corrected chi connectivity index (χ1v) is 17.4. The lowest BCUT2D eigenvalue weighted by atomic mass is 10.0. The molecule has 0 bridgehead atoms. The maximum Gasteiger partial charge on any atom is 0.264 e. The van der Waals surface area contributed by atoms with Gasteiger partial charge in [-0.2, -0.15) is 0 Å². The van der Waals surface area contributed by atoms with Crippen LogP contribution in [0.1, 0.15) is 31.4 Å². The minimum absolute atomic E-state index is 0.0221. The first kappa shape index (κ1) is 34.5. The van der Waals surface area contributed by atoms with Gasteiger partial charge in [0.15, 0.2) is 0 Å². The summed E-state index contributed by atoms with van der Waals surface area (Å²) in [5, 5.41) is 3.65. The van der Waals surface area contributed by atoms with Crippen molar-refractivity contribution >= 4 is 66.7 Å².